The fraction of sp³-hybridized carbons (Fsp3) is 0.375. The standard InChI is InChI=1S/C16H19F4N5O.HI/c1-10-3-4-12(26-15(19)20)11(7-10)8-23-16(21-2)24-9-13-22-5-6-25(13)14(17)18;/h3-7,14-15H,8-9H2,1-2H3,(H2,21,23,24);1H. The summed E-state index contributed by atoms with van der Waals surface area (Å²) in [5, 5.41) is 5.77. The molecule has 1 aromatic carbocycles. The van der Waals surface area contributed by atoms with Crippen LogP contribution in [-0.2, 0) is 13.1 Å². The maximum absolute atomic E-state index is 12.8. The maximum Gasteiger partial charge on any atom is 0.387 e. The summed E-state index contributed by atoms with van der Waals surface area (Å²) in [5.41, 5.74) is 1.40. The SMILES string of the molecule is CN=C(NCc1cc(C)ccc1OC(F)F)NCc1nccn1C(F)F.I. The Bertz CT molecular complexity index is 754. The van der Waals surface area contributed by atoms with Gasteiger partial charge in [-0.15, -0.1) is 24.0 Å². The molecule has 2 N–H and O–H groups in total. The molecule has 11 heteroatoms. The van der Waals surface area contributed by atoms with E-state index in [9.17, 15) is 17.6 Å². The molecule has 0 fully saturated rings. The second-order valence-corrected chi connectivity index (χ2v) is 5.30. The van der Waals surface area contributed by atoms with Crippen LogP contribution in [0, 0.1) is 6.92 Å². The van der Waals surface area contributed by atoms with Gasteiger partial charge in [-0.3, -0.25) is 9.56 Å². The third-order valence-corrected chi connectivity index (χ3v) is 3.48. The number of aliphatic imine (C=N–C) groups is 1. The van der Waals surface area contributed by atoms with Crippen LogP contribution in [0.3, 0.4) is 0 Å². The van der Waals surface area contributed by atoms with E-state index < -0.39 is 13.2 Å². The minimum atomic E-state index is -2.93. The Morgan fingerprint density at radius 2 is 1.93 bits per heavy atom. The van der Waals surface area contributed by atoms with Crippen LogP contribution in [0.1, 0.15) is 23.5 Å². The number of rotatable bonds is 7. The number of hydrogen-bond donors (Lipinski definition) is 2. The van der Waals surface area contributed by atoms with E-state index in [4.69, 9.17) is 0 Å². The van der Waals surface area contributed by atoms with E-state index in [2.05, 4.69) is 25.3 Å². The fourth-order valence-electron chi connectivity index (χ4n) is 2.28. The molecule has 2 aromatic rings. The van der Waals surface area contributed by atoms with Crippen molar-refractivity contribution in [2.75, 3.05) is 7.05 Å². The Hall–Kier alpha value is -2.05. The molecule has 2 rings (SSSR count). The van der Waals surface area contributed by atoms with Gasteiger partial charge in [-0.2, -0.15) is 17.6 Å². The van der Waals surface area contributed by atoms with E-state index >= 15 is 0 Å². The molecular formula is C16H20F4IN5O. The van der Waals surface area contributed by atoms with E-state index in [1.807, 2.05) is 6.92 Å². The second-order valence-electron chi connectivity index (χ2n) is 5.30. The molecule has 0 aliphatic carbocycles. The van der Waals surface area contributed by atoms with Gasteiger partial charge in [0.2, 0.25) is 0 Å². The van der Waals surface area contributed by atoms with Gasteiger partial charge in [-0.25, -0.2) is 4.98 Å². The second kappa shape index (κ2) is 10.9. The Balaban J connectivity index is 0.00000364. The summed E-state index contributed by atoms with van der Waals surface area (Å²) < 4.78 is 55.8. The van der Waals surface area contributed by atoms with Gasteiger partial charge in [0.15, 0.2) is 5.96 Å². The van der Waals surface area contributed by atoms with Crippen molar-refractivity contribution in [2.24, 2.45) is 4.99 Å². The van der Waals surface area contributed by atoms with Gasteiger partial charge in [-0.05, 0) is 13.0 Å². The molecule has 0 unspecified atom stereocenters. The van der Waals surface area contributed by atoms with Crippen molar-refractivity contribution in [2.45, 2.75) is 33.2 Å². The molecule has 1 aromatic heterocycles. The third kappa shape index (κ3) is 6.88. The summed E-state index contributed by atoms with van der Waals surface area (Å²) in [4.78, 5) is 7.83. The summed E-state index contributed by atoms with van der Waals surface area (Å²) >= 11 is 0. The molecule has 0 radical (unpaired) electrons. The van der Waals surface area contributed by atoms with Gasteiger partial charge < -0.3 is 15.4 Å². The van der Waals surface area contributed by atoms with Gasteiger partial charge in [0.25, 0.3) is 0 Å². The third-order valence-electron chi connectivity index (χ3n) is 3.48. The van der Waals surface area contributed by atoms with E-state index in [0.29, 0.717) is 11.5 Å². The molecule has 0 spiro atoms. The Morgan fingerprint density at radius 3 is 2.56 bits per heavy atom. The number of alkyl halides is 4. The highest BCUT2D eigenvalue weighted by Gasteiger charge is 2.13. The average Bonchev–Trinajstić information content (AvgIpc) is 3.05. The number of aromatic nitrogens is 2. The highest BCUT2D eigenvalue weighted by Crippen LogP contribution is 2.22. The Kier molecular flexibility index (Phi) is 9.32. The van der Waals surface area contributed by atoms with Crippen LogP contribution in [0.5, 0.6) is 5.75 Å². The molecule has 0 aliphatic rings. The molecule has 0 saturated carbocycles. The number of nitrogens with one attached hydrogen (secondary N) is 2. The largest absolute Gasteiger partial charge is 0.434 e. The molecule has 0 bridgehead atoms. The van der Waals surface area contributed by atoms with Gasteiger partial charge in [0.05, 0.1) is 6.54 Å². The lowest BCUT2D eigenvalue weighted by Gasteiger charge is -2.15. The minimum Gasteiger partial charge on any atom is -0.434 e. The van der Waals surface area contributed by atoms with E-state index in [-0.39, 0.29) is 48.6 Å². The highest BCUT2D eigenvalue weighted by atomic mass is 127. The first-order chi connectivity index (χ1) is 12.4. The topological polar surface area (TPSA) is 63.5 Å². The number of aryl methyl sites for hydroxylation is 1. The first kappa shape index (κ1) is 23.0. The van der Waals surface area contributed by atoms with Crippen molar-refractivity contribution in [1.82, 2.24) is 20.2 Å². The van der Waals surface area contributed by atoms with Crippen molar-refractivity contribution >= 4 is 29.9 Å². The predicted octanol–water partition coefficient (Wildman–Crippen LogP) is 3.67. The van der Waals surface area contributed by atoms with Crippen molar-refractivity contribution in [3.05, 3.63) is 47.5 Å². The normalized spacial score (nSPS) is 11.5. The lowest BCUT2D eigenvalue weighted by molar-refractivity contribution is -0.0504. The zero-order chi connectivity index (χ0) is 19.1. The predicted molar refractivity (Wildman–Crippen MR) is 104 cm³/mol. The summed E-state index contributed by atoms with van der Waals surface area (Å²) in [5.74, 6) is 0.500. The molecule has 0 amide bonds. The van der Waals surface area contributed by atoms with Crippen LogP contribution in [-0.4, -0.2) is 29.2 Å². The van der Waals surface area contributed by atoms with Crippen LogP contribution in [0.4, 0.5) is 17.6 Å². The number of nitrogens with zero attached hydrogens (tertiary/aromatic N) is 3. The van der Waals surface area contributed by atoms with Crippen LogP contribution in [0.2, 0.25) is 0 Å². The minimum absolute atomic E-state index is 0. The molecular weight excluding hydrogens is 481 g/mol. The van der Waals surface area contributed by atoms with Crippen molar-refractivity contribution in [3.63, 3.8) is 0 Å². The highest BCUT2D eigenvalue weighted by molar-refractivity contribution is 14.0. The van der Waals surface area contributed by atoms with Crippen LogP contribution in [0.25, 0.3) is 0 Å². The summed E-state index contributed by atoms with van der Waals surface area (Å²) in [6.45, 7) is -3.61. The van der Waals surface area contributed by atoms with Gasteiger partial charge in [-0.1, -0.05) is 17.7 Å². The summed E-state index contributed by atoms with van der Waals surface area (Å²) in [6.07, 6.45) is 2.46. The molecule has 1 heterocycles. The molecule has 150 valence electrons. The molecule has 6 nitrogen and oxygen atoms in total. The number of hydrogen-bond acceptors (Lipinski definition) is 3. The molecule has 0 atom stereocenters. The smallest absolute Gasteiger partial charge is 0.387 e. The number of benzene rings is 1. The van der Waals surface area contributed by atoms with E-state index in [0.717, 1.165) is 10.1 Å². The number of ether oxygens (including phenoxy) is 1. The van der Waals surface area contributed by atoms with E-state index in [1.54, 1.807) is 12.1 Å². The van der Waals surface area contributed by atoms with Crippen LogP contribution >= 0.6 is 24.0 Å². The quantitative estimate of drug-likeness (QED) is 0.263. The summed E-state index contributed by atoms with van der Waals surface area (Å²) in [6, 6.07) is 4.84. The Labute approximate surface area is 171 Å². The van der Waals surface area contributed by atoms with Crippen LogP contribution < -0.4 is 15.4 Å². The van der Waals surface area contributed by atoms with Gasteiger partial charge in [0, 0.05) is 31.5 Å². The number of guanidine groups is 1. The molecule has 27 heavy (non-hydrogen) atoms. The number of imidazole rings is 1. The Morgan fingerprint density at radius 1 is 1.22 bits per heavy atom. The maximum atomic E-state index is 12.8. The zero-order valence-corrected chi connectivity index (χ0v) is 17.0. The van der Waals surface area contributed by atoms with Gasteiger partial charge in [0.1, 0.15) is 11.6 Å². The molecule has 0 saturated heterocycles. The van der Waals surface area contributed by atoms with Crippen LogP contribution in [0.15, 0.2) is 35.6 Å². The van der Waals surface area contributed by atoms with Crippen molar-refractivity contribution in [3.8, 4) is 5.75 Å². The zero-order valence-electron chi connectivity index (χ0n) is 14.6. The van der Waals surface area contributed by atoms with E-state index in [1.165, 1.54) is 25.5 Å². The first-order valence-corrected chi connectivity index (χ1v) is 7.69. The molecule has 0 aliphatic heterocycles. The van der Waals surface area contributed by atoms with Crippen molar-refractivity contribution in [1.29, 1.82) is 0 Å². The van der Waals surface area contributed by atoms with Gasteiger partial charge >= 0.3 is 13.2 Å². The lowest BCUT2D eigenvalue weighted by Crippen LogP contribution is -2.37. The van der Waals surface area contributed by atoms with Crippen molar-refractivity contribution < 1.29 is 22.3 Å². The lowest BCUT2D eigenvalue weighted by atomic mass is 10.1. The monoisotopic (exact) mass is 501 g/mol. The average molecular weight is 501 g/mol. The summed E-state index contributed by atoms with van der Waals surface area (Å²) in [7, 11) is 1.50. The first-order valence-electron chi connectivity index (χ1n) is 7.69. The number of halogens is 5. The fourth-order valence-corrected chi connectivity index (χ4v) is 2.28.